The first-order valence-electron chi connectivity index (χ1n) is 5.59. The highest BCUT2D eigenvalue weighted by molar-refractivity contribution is 6.03. The maximum atomic E-state index is 12.9. The molecule has 0 saturated carbocycles. The first-order valence-corrected chi connectivity index (χ1v) is 5.59. The van der Waals surface area contributed by atoms with Crippen LogP contribution >= 0.6 is 0 Å². The first kappa shape index (κ1) is 13.7. The van der Waals surface area contributed by atoms with Crippen molar-refractivity contribution in [1.82, 2.24) is 14.1 Å². The lowest BCUT2D eigenvalue weighted by molar-refractivity contribution is 0.102. The topological polar surface area (TPSA) is 86.0 Å². The van der Waals surface area contributed by atoms with Gasteiger partial charge in [-0.25, -0.2) is 9.78 Å². The molecule has 0 saturated heterocycles. The van der Waals surface area contributed by atoms with Gasteiger partial charge in [0.05, 0.1) is 0 Å². The Bertz CT molecular complexity index is 794. The van der Waals surface area contributed by atoms with Crippen molar-refractivity contribution in [3.05, 3.63) is 56.9 Å². The van der Waals surface area contributed by atoms with E-state index >= 15 is 0 Å². The molecule has 2 heterocycles. The fourth-order valence-electron chi connectivity index (χ4n) is 1.63. The standard InChI is InChI=1S/C12H11FN4O3/c1-16-6-8(11(19)17(2)12(16)20)15-10(18)7-3-4-14-9(13)5-7/h3-6H,1-2H3,(H,15,18). The summed E-state index contributed by atoms with van der Waals surface area (Å²) in [5.41, 5.74) is -1.20. The van der Waals surface area contributed by atoms with Crippen LogP contribution in [0, 0.1) is 5.95 Å². The second kappa shape index (κ2) is 5.08. The molecule has 0 atom stereocenters. The van der Waals surface area contributed by atoms with Crippen LogP contribution in [-0.2, 0) is 14.1 Å². The Morgan fingerprint density at radius 1 is 1.35 bits per heavy atom. The van der Waals surface area contributed by atoms with Crippen LogP contribution in [0.15, 0.2) is 34.1 Å². The van der Waals surface area contributed by atoms with E-state index in [1.54, 1.807) is 0 Å². The van der Waals surface area contributed by atoms with Gasteiger partial charge in [0.1, 0.15) is 5.69 Å². The lowest BCUT2D eigenvalue weighted by Gasteiger charge is -2.08. The van der Waals surface area contributed by atoms with Crippen molar-refractivity contribution < 1.29 is 9.18 Å². The monoisotopic (exact) mass is 278 g/mol. The molecular weight excluding hydrogens is 267 g/mol. The average molecular weight is 278 g/mol. The Hall–Kier alpha value is -2.77. The largest absolute Gasteiger partial charge is 0.330 e. The molecule has 0 bridgehead atoms. The summed E-state index contributed by atoms with van der Waals surface area (Å²) >= 11 is 0. The predicted molar refractivity (Wildman–Crippen MR) is 69.1 cm³/mol. The summed E-state index contributed by atoms with van der Waals surface area (Å²) in [4.78, 5) is 38.5. The van der Waals surface area contributed by atoms with Gasteiger partial charge < -0.3 is 9.88 Å². The molecule has 7 nitrogen and oxygen atoms in total. The molecule has 0 aromatic carbocycles. The summed E-state index contributed by atoms with van der Waals surface area (Å²) in [6, 6.07) is 2.26. The van der Waals surface area contributed by atoms with Gasteiger partial charge in [-0.15, -0.1) is 0 Å². The number of carbonyl (C=O) groups is 1. The van der Waals surface area contributed by atoms with E-state index in [9.17, 15) is 18.8 Å². The van der Waals surface area contributed by atoms with Crippen LogP contribution in [-0.4, -0.2) is 20.0 Å². The number of aryl methyl sites for hydroxylation is 1. The molecule has 1 amide bonds. The summed E-state index contributed by atoms with van der Waals surface area (Å²) < 4.78 is 14.9. The molecular formula is C12H11FN4O3. The molecule has 20 heavy (non-hydrogen) atoms. The van der Waals surface area contributed by atoms with Gasteiger partial charge in [-0.2, -0.15) is 4.39 Å². The number of nitrogens with zero attached hydrogens (tertiary/aromatic N) is 3. The van der Waals surface area contributed by atoms with E-state index in [2.05, 4.69) is 10.3 Å². The maximum absolute atomic E-state index is 12.9. The van der Waals surface area contributed by atoms with Gasteiger partial charge in [-0.05, 0) is 6.07 Å². The molecule has 0 spiro atoms. The Balaban J connectivity index is 2.38. The van der Waals surface area contributed by atoms with Crippen LogP contribution in [0.1, 0.15) is 10.4 Å². The van der Waals surface area contributed by atoms with Gasteiger partial charge in [-0.1, -0.05) is 0 Å². The number of rotatable bonds is 2. The molecule has 1 N–H and O–H groups in total. The molecule has 0 aliphatic carbocycles. The third-order valence-electron chi connectivity index (χ3n) is 2.68. The molecule has 104 valence electrons. The van der Waals surface area contributed by atoms with E-state index in [0.717, 1.165) is 21.4 Å². The molecule has 0 radical (unpaired) electrons. The summed E-state index contributed by atoms with van der Waals surface area (Å²) in [6.07, 6.45) is 2.35. The summed E-state index contributed by atoms with van der Waals surface area (Å²) in [7, 11) is 2.75. The van der Waals surface area contributed by atoms with E-state index in [-0.39, 0.29) is 11.3 Å². The lowest BCUT2D eigenvalue weighted by atomic mass is 10.2. The molecule has 2 aromatic heterocycles. The van der Waals surface area contributed by atoms with Gasteiger partial charge in [0.2, 0.25) is 5.95 Å². The first-order chi connectivity index (χ1) is 9.40. The molecule has 0 aliphatic heterocycles. The van der Waals surface area contributed by atoms with Gasteiger partial charge in [0, 0.05) is 38.1 Å². The second-order valence-corrected chi connectivity index (χ2v) is 4.12. The lowest BCUT2D eigenvalue weighted by Crippen LogP contribution is -2.38. The minimum absolute atomic E-state index is 0.0217. The smallest absolute Gasteiger partial charge is 0.316 e. The number of carbonyl (C=O) groups excluding carboxylic acids is 1. The number of hydrogen-bond acceptors (Lipinski definition) is 4. The molecule has 2 rings (SSSR count). The zero-order valence-corrected chi connectivity index (χ0v) is 10.8. The highest BCUT2D eigenvalue weighted by atomic mass is 19.1. The number of halogens is 1. The van der Waals surface area contributed by atoms with Gasteiger partial charge in [-0.3, -0.25) is 14.2 Å². The minimum atomic E-state index is -0.800. The van der Waals surface area contributed by atoms with E-state index in [0.29, 0.717) is 0 Å². The van der Waals surface area contributed by atoms with E-state index in [1.807, 2.05) is 0 Å². The van der Waals surface area contributed by atoms with Gasteiger partial charge in [0.25, 0.3) is 11.5 Å². The van der Waals surface area contributed by atoms with Crippen LogP contribution in [0.5, 0.6) is 0 Å². The second-order valence-electron chi connectivity index (χ2n) is 4.12. The molecule has 0 unspecified atom stereocenters. The highest BCUT2D eigenvalue weighted by Gasteiger charge is 2.12. The number of aromatic nitrogens is 3. The number of pyridine rings is 1. The van der Waals surface area contributed by atoms with Crippen molar-refractivity contribution in [3.63, 3.8) is 0 Å². The molecule has 0 aliphatic rings. The minimum Gasteiger partial charge on any atom is -0.316 e. The third-order valence-corrected chi connectivity index (χ3v) is 2.68. The van der Waals surface area contributed by atoms with Crippen molar-refractivity contribution in [1.29, 1.82) is 0 Å². The van der Waals surface area contributed by atoms with Crippen molar-refractivity contribution >= 4 is 11.6 Å². The Morgan fingerprint density at radius 3 is 2.70 bits per heavy atom. The van der Waals surface area contributed by atoms with Crippen LogP contribution in [0.25, 0.3) is 0 Å². The summed E-state index contributed by atoms with van der Waals surface area (Å²) in [5, 5.41) is 2.34. The third kappa shape index (κ3) is 2.48. The van der Waals surface area contributed by atoms with Crippen LogP contribution in [0.3, 0.4) is 0 Å². The van der Waals surface area contributed by atoms with Crippen molar-refractivity contribution in [3.8, 4) is 0 Å². The van der Waals surface area contributed by atoms with Crippen molar-refractivity contribution in [2.75, 3.05) is 5.32 Å². The molecule has 8 heteroatoms. The number of anilines is 1. The van der Waals surface area contributed by atoms with Crippen molar-refractivity contribution in [2.45, 2.75) is 0 Å². The fraction of sp³-hybridized carbons (Fsp3) is 0.167. The Morgan fingerprint density at radius 2 is 2.05 bits per heavy atom. The summed E-state index contributed by atoms with van der Waals surface area (Å²) in [6.45, 7) is 0. The summed E-state index contributed by atoms with van der Waals surface area (Å²) in [5.74, 6) is -1.46. The molecule has 0 fully saturated rings. The number of amides is 1. The van der Waals surface area contributed by atoms with E-state index < -0.39 is 23.1 Å². The van der Waals surface area contributed by atoms with Crippen LogP contribution in [0.2, 0.25) is 0 Å². The SMILES string of the molecule is Cn1cc(NC(=O)c2ccnc(F)c2)c(=O)n(C)c1=O. The quantitative estimate of drug-likeness (QED) is 0.775. The van der Waals surface area contributed by atoms with Gasteiger partial charge in [0.15, 0.2) is 0 Å². The zero-order chi connectivity index (χ0) is 14.9. The van der Waals surface area contributed by atoms with Crippen LogP contribution in [0.4, 0.5) is 10.1 Å². The number of nitrogens with one attached hydrogen (secondary N) is 1. The van der Waals surface area contributed by atoms with E-state index in [4.69, 9.17) is 0 Å². The molecule has 2 aromatic rings. The van der Waals surface area contributed by atoms with Crippen LogP contribution < -0.4 is 16.6 Å². The maximum Gasteiger partial charge on any atom is 0.330 e. The fourth-order valence-corrected chi connectivity index (χ4v) is 1.63. The Labute approximate surface area is 112 Å². The zero-order valence-electron chi connectivity index (χ0n) is 10.8. The normalized spacial score (nSPS) is 10.3. The number of hydrogen-bond donors (Lipinski definition) is 1. The van der Waals surface area contributed by atoms with Crippen molar-refractivity contribution in [2.24, 2.45) is 14.1 Å². The highest BCUT2D eigenvalue weighted by Crippen LogP contribution is 2.04. The predicted octanol–water partition coefficient (Wildman–Crippen LogP) is -0.130. The van der Waals surface area contributed by atoms with E-state index in [1.165, 1.54) is 26.4 Å². The van der Waals surface area contributed by atoms with Gasteiger partial charge >= 0.3 is 5.69 Å². The Kier molecular flexibility index (Phi) is 3.47. The average Bonchev–Trinajstić information content (AvgIpc) is 2.42.